The molecule has 2 N–H and O–H groups in total. The van der Waals surface area contributed by atoms with Crippen LogP contribution in [0.25, 0.3) is 0 Å². The number of anilines is 2. The van der Waals surface area contributed by atoms with Gasteiger partial charge in [-0.3, -0.25) is 0 Å². The van der Waals surface area contributed by atoms with Crippen molar-refractivity contribution < 1.29 is 0 Å². The van der Waals surface area contributed by atoms with Crippen molar-refractivity contribution in [3.05, 3.63) is 165 Å². The summed E-state index contributed by atoms with van der Waals surface area (Å²) < 4.78 is 0. The summed E-state index contributed by atoms with van der Waals surface area (Å²) in [4.78, 5) is 0. The van der Waals surface area contributed by atoms with Gasteiger partial charge >= 0.3 is 0 Å². The normalized spacial score (nSPS) is 26.0. The second-order valence-electron chi connectivity index (χ2n) is 13.9. The van der Waals surface area contributed by atoms with Crippen molar-refractivity contribution in [2.75, 3.05) is 10.6 Å². The Balaban J connectivity index is 1.39. The molecule has 220 valence electrons. The highest BCUT2D eigenvalue weighted by Crippen LogP contribution is 2.63. The van der Waals surface area contributed by atoms with Crippen molar-refractivity contribution in [3.8, 4) is 0 Å². The Bertz CT molecular complexity index is 1850. The molecule has 2 aliphatic carbocycles. The lowest BCUT2D eigenvalue weighted by atomic mass is 9.52. The maximum atomic E-state index is 4.05. The van der Waals surface area contributed by atoms with Crippen LogP contribution in [0.1, 0.15) is 63.8 Å². The summed E-state index contributed by atoms with van der Waals surface area (Å²) in [6, 6.07) is 40.5. The van der Waals surface area contributed by atoms with Gasteiger partial charge < -0.3 is 10.6 Å². The smallest absolute Gasteiger partial charge is 0.0707 e. The molecule has 2 aliphatic heterocycles. The topological polar surface area (TPSA) is 24.1 Å². The third-order valence-corrected chi connectivity index (χ3v) is 11.5. The van der Waals surface area contributed by atoms with Crippen LogP contribution in [0.4, 0.5) is 11.4 Å². The molecule has 4 atom stereocenters. The maximum absolute atomic E-state index is 4.05. The van der Waals surface area contributed by atoms with Gasteiger partial charge in [-0.2, -0.15) is 0 Å². The third-order valence-electron chi connectivity index (χ3n) is 11.5. The summed E-state index contributed by atoms with van der Waals surface area (Å²) >= 11 is 0. The van der Waals surface area contributed by atoms with Crippen molar-refractivity contribution in [3.63, 3.8) is 0 Å². The number of para-hydroxylation sites is 2. The Morgan fingerprint density at radius 1 is 0.455 bits per heavy atom. The standard InChI is InChI=1S/C42H42N2/c1-25-35-26(2)38-40(28(4)36(35)27(3)39-37(25)41(5,6)31-21-13-15-23-33(31)43-39)44-34-24-16-14-22-32(34)42(38,29-17-9-7-10-18-29)30-19-11-8-12-20-30/h7-28,43-44H,1-6H3. The number of hydrogen-bond acceptors (Lipinski definition) is 2. The molecule has 2 heterocycles. The van der Waals surface area contributed by atoms with Gasteiger partial charge in [0.1, 0.15) is 0 Å². The van der Waals surface area contributed by atoms with E-state index < -0.39 is 5.41 Å². The first kappa shape index (κ1) is 27.3. The van der Waals surface area contributed by atoms with E-state index >= 15 is 0 Å². The van der Waals surface area contributed by atoms with Gasteiger partial charge in [-0.25, -0.2) is 0 Å². The second-order valence-corrected chi connectivity index (χ2v) is 13.9. The van der Waals surface area contributed by atoms with Crippen LogP contribution < -0.4 is 10.6 Å². The van der Waals surface area contributed by atoms with E-state index in [0.29, 0.717) is 11.8 Å². The van der Waals surface area contributed by atoms with Crippen LogP contribution in [0.2, 0.25) is 0 Å². The zero-order valence-electron chi connectivity index (χ0n) is 26.7. The van der Waals surface area contributed by atoms with Gasteiger partial charge in [-0.05, 0) is 45.5 Å². The average molecular weight is 575 g/mol. The van der Waals surface area contributed by atoms with Gasteiger partial charge in [-0.1, -0.05) is 150 Å². The fourth-order valence-electron chi connectivity index (χ4n) is 9.86. The Morgan fingerprint density at radius 2 is 0.864 bits per heavy atom. The van der Waals surface area contributed by atoms with Gasteiger partial charge in [0.2, 0.25) is 0 Å². The van der Waals surface area contributed by atoms with E-state index in [4.69, 9.17) is 0 Å². The predicted molar refractivity (Wildman–Crippen MR) is 184 cm³/mol. The number of allylic oxidation sites excluding steroid dienone is 5. The quantitative estimate of drug-likeness (QED) is 0.233. The van der Waals surface area contributed by atoms with Crippen LogP contribution in [0.5, 0.6) is 0 Å². The molecule has 44 heavy (non-hydrogen) atoms. The van der Waals surface area contributed by atoms with Gasteiger partial charge in [0, 0.05) is 51.9 Å². The van der Waals surface area contributed by atoms with E-state index in [9.17, 15) is 0 Å². The van der Waals surface area contributed by atoms with E-state index in [1.54, 1.807) is 16.7 Å². The number of hydrogen-bond donors (Lipinski definition) is 2. The maximum Gasteiger partial charge on any atom is 0.0707 e. The Morgan fingerprint density at radius 3 is 1.43 bits per heavy atom. The molecule has 0 aromatic heterocycles. The van der Waals surface area contributed by atoms with E-state index in [-0.39, 0.29) is 17.3 Å². The molecule has 0 saturated heterocycles. The van der Waals surface area contributed by atoms with Crippen LogP contribution in [-0.2, 0) is 10.8 Å². The minimum atomic E-state index is -0.406. The predicted octanol–water partition coefficient (Wildman–Crippen LogP) is 10.2. The lowest BCUT2D eigenvalue weighted by Gasteiger charge is -2.55. The van der Waals surface area contributed by atoms with Crippen molar-refractivity contribution >= 4 is 11.4 Å². The molecule has 8 rings (SSSR count). The molecule has 4 aromatic rings. The van der Waals surface area contributed by atoms with Crippen LogP contribution in [0, 0.1) is 23.7 Å². The molecule has 0 amide bonds. The highest BCUT2D eigenvalue weighted by atomic mass is 15.0. The average Bonchev–Trinajstić information content (AvgIpc) is 3.05. The number of nitrogens with one attached hydrogen (secondary N) is 2. The SMILES string of the molecule is CC1C2=C(C(C)C3=C1C(C)C1=C(C3C)C(c3ccccc3)(c3ccccc3)c3ccccc3N1)C(C)(C)c1ccccc1N2. The zero-order chi connectivity index (χ0) is 30.4. The third kappa shape index (κ3) is 3.43. The highest BCUT2D eigenvalue weighted by molar-refractivity contribution is 5.77. The monoisotopic (exact) mass is 574 g/mol. The van der Waals surface area contributed by atoms with Crippen LogP contribution >= 0.6 is 0 Å². The van der Waals surface area contributed by atoms with Gasteiger partial charge in [0.25, 0.3) is 0 Å². The first-order valence-electron chi connectivity index (χ1n) is 16.3. The number of fused-ring (bicyclic) bond motifs is 2. The number of rotatable bonds is 2. The highest BCUT2D eigenvalue weighted by Gasteiger charge is 2.54. The Hall–Kier alpha value is -4.30. The zero-order valence-corrected chi connectivity index (χ0v) is 26.7. The van der Waals surface area contributed by atoms with Gasteiger partial charge in [0.15, 0.2) is 0 Å². The molecule has 2 nitrogen and oxygen atoms in total. The Labute approximate surface area is 262 Å². The summed E-state index contributed by atoms with van der Waals surface area (Å²) in [5.41, 5.74) is 16.5. The van der Waals surface area contributed by atoms with Gasteiger partial charge in [-0.15, -0.1) is 0 Å². The molecule has 4 aromatic carbocycles. The Kier molecular flexibility index (Phi) is 5.95. The first-order chi connectivity index (χ1) is 21.3. The van der Waals surface area contributed by atoms with Gasteiger partial charge in [0.05, 0.1) is 5.41 Å². The summed E-state index contributed by atoms with van der Waals surface area (Å²) in [7, 11) is 0. The first-order valence-corrected chi connectivity index (χ1v) is 16.3. The summed E-state index contributed by atoms with van der Waals surface area (Å²) in [6.07, 6.45) is 0. The molecule has 0 fully saturated rings. The molecule has 4 aliphatic rings. The van der Waals surface area contributed by atoms with E-state index in [2.05, 4.69) is 161 Å². The van der Waals surface area contributed by atoms with E-state index in [1.165, 1.54) is 50.6 Å². The van der Waals surface area contributed by atoms with Crippen LogP contribution in [-0.4, -0.2) is 0 Å². The van der Waals surface area contributed by atoms with Crippen molar-refractivity contribution in [2.45, 2.75) is 52.4 Å². The fourth-order valence-corrected chi connectivity index (χ4v) is 9.86. The summed E-state index contributed by atoms with van der Waals surface area (Å²) in [5.74, 6) is 1.12. The fraction of sp³-hybridized carbons (Fsp3) is 0.286. The van der Waals surface area contributed by atoms with E-state index in [1.807, 2.05) is 0 Å². The molecular weight excluding hydrogens is 532 g/mol. The molecule has 0 spiro atoms. The molecule has 2 heteroatoms. The molecule has 0 saturated carbocycles. The van der Waals surface area contributed by atoms with Crippen molar-refractivity contribution in [2.24, 2.45) is 23.7 Å². The molecule has 0 bridgehead atoms. The largest absolute Gasteiger partial charge is 0.358 e. The van der Waals surface area contributed by atoms with Crippen LogP contribution in [0.15, 0.2) is 143 Å². The lowest BCUT2D eigenvalue weighted by molar-refractivity contribution is 0.431. The summed E-state index contributed by atoms with van der Waals surface area (Å²) in [5, 5.41) is 8.02. The molecule has 0 radical (unpaired) electrons. The molecular formula is C42H42N2. The summed E-state index contributed by atoms with van der Waals surface area (Å²) in [6.45, 7) is 14.8. The minimum Gasteiger partial charge on any atom is -0.358 e. The second kappa shape index (κ2) is 9.60. The lowest BCUT2D eigenvalue weighted by Crippen LogP contribution is -2.47. The molecule has 4 unspecified atom stereocenters. The van der Waals surface area contributed by atoms with Crippen LogP contribution in [0.3, 0.4) is 0 Å². The van der Waals surface area contributed by atoms with Crippen molar-refractivity contribution in [1.82, 2.24) is 0 Å². The number of benzene rings is 4. The van der Waals surface area contributed by atoms with E-state index in [0.717, 1.165) is 0 Å². The van der Waals surface area contributed by atoms with Crippen molar-refractivity contribution in [1.29, 1.82) is 0 Å². The minimum absolute atomic E-state index is 0.0611.